The fourth-order valence-electron chi connectivity index (χ4n) is 3.84. The van der Waals surface area contributed by atoms with Gasteiger partial charge in [0.2, 0.25) is 5.82 Å². The summed E-state index contributed by atoms with van der Waals surface area (Å²) in [4.78, 5) is 19.2. The molecule has 4 rings (SSSR count). The lowest BCUT2D eigenvalue weighted by molar-refractivity contribution is 0.0710. The third-order valence-corrected chi connectivity index (χ3v) is 5.30. The number of hydrogen-bond acceptors (Lipinski definition) is 7. The lowest BCUT2D eigenvalue weighted by Crippen LogP contribution is -2.43. The topological polar surface area (TPSA) is 87.8 Å². The molecule has 0 aromatic carbocycles. The molecule has 1 saturated carbocycles. The molecule has 0 bridgehead atoms. The van der Waals surface area contributed by atoms with Crippen molar-refractivity contribution in [2.45, 2.75) is 50.7 Å². The minimum Gasteiger partial charge on any atom is -0.460 e. The molecule has 7 nitrogen and oxygen atoms in total. The molecular formula is C19H22N6O. The molecular weight excluding hydrogens is 328 g/mol. The third kappa shape index (κ3) is 3.81. The first-order valence-electron chi connectivity index (χ1n) is 9.27. The second-order valence-electron chi connectivity index (χ2n) is 6.95. The lowest BCUT2D eigenvalue weighted by atomic mass is 10.0. The smallest absolute Gasteiger partial charge is 0.316 e. The van der Waals surface area contributed by atoms with E-state index >= 15 is 0 Å². The van der Waals surface area contributed by atoms with Crippen molar-refractivity contribution >= 4 is 0 Å². The average Bonchev–Trinajstić information content (AvgIpc) is 3.24. The van der Waals surface area contributed by atoms with Gasteiger partial charge in [0.05, 0.1) is 0 Å². The summed E-state index contributed by atoms with van der Waals surface area (Å²) in [6.45, 7) is 2.21. The van der Waals surface area contributed by atoms with Crippen LogP contribution >= 0.6 is 0 Å². The van der Waals surface area contributed by atoms with Crippen LogP contribution in [0.15, 0.2) is 24.8 Å². The van der Waals surface area contributed by atoms with Crippen LogP contribution in [0.3, 0.4) is 0 Å². The number of aromatic nitrogens is 4. The fourth-order valence-corrected chi connectivity index (χ4v) is 3.84. The van der Waals surface area contributed by atoms with Gasteiger partial charge in [-0.15, -0.1) is 0 Å². The van der Waals surface area contributed by atoms with Crippen LogP contribution in [0.4, 0.5) is 0 Å². The molecule has 0 N–H and O–H groups in total. The van der Waals surface area contributed by atoms with Gasteiger partial charge in [0.1, 0.15) is 12.2 Å². The highest BCUT2D eigenvalue weighted by Crippen LogP contribution is 2.27. The maximum Gasteiger partial charge on any atom is 0.316 e. The Morgan fingerprint density at radius 2 is 1.46 bits per heavy atom. The standard InChI is InChI=1S/C19H22N6O/c20-9-18-21-10-14(11-22-18)15-12-23-19(24-13-15)26-17-5-7-25(8-6-17)16-3-1-2-4-16/h10-13,16-17H,1-8H2. The molecule has 0 radical (unpaired) electrons. The van der Waals surface area contributed by atoms with Crippen LogP contribution < -0.4 is 4.74 Å². The molecule has 2 fully saturated rings. The Morgan fingerprint density at radius 1 is 0.885 bits per heavy atom. The Kier molecular flexibility index (Phi) is 5.02. The normalized spacial score (nSPS) is 19.3. The molecule has 0 atom stereocenters. The second kappa shape index (κ2) is 7.75. The number of nitriles is 1. The van der Waals surface area contributed by atoms with E-state index in [1.165, 1.54) is 25.7 Å². The molecule has 26 heavy (non-hydrogen) atoms. The highest BCUT2D eigenvalue weighted by Gasteiger charge is 2.28. The van der Waals surface area contributed by atoms with Crippen molar-refractivity contribution in [3.05, 3.63) is 30.6 Å². The van der Waals surface area contributed by atoms with E-state index in [1.807, 2.05) is 6.07 Å². The van der Waals surface area contributed by atoms with Crippen molar-refractivity contribution in [3.8, 4) is 23.2 Å². The van der Waals surface area contributed by atoms with Crippen molar-refractivity contribution in [1.82, 2.24) is 24.8 Å². The van der Waals surface area contributed by atoms with Crippen LogP contribution in [0, 0.1) is 11.3 Å². The molecule has 3 heterocycles. The van der Waals surface area contributed by atoms with Gasteiger partial charge in [-0.2, -0.15) is 5.26 Å². The van der Waals surface area contributed by atoms with Gasteiger partial charge in [0.25, 0.3) is 0 Å². The molecule has 1 saturated heterocycles. The minimum absolute atomic E-state index is 0.151. The lowest BCUT2D eigenvalue weighted by Gasteiger charge is -2.35. The van der Waals surface area contributed by atoms with Gasteiger partial charge in [-0.25, -0.2) is 19.9 Å². The second-order valence-corrected chi connectivity index (χ2v) is 6.95. The average molecular weight is 350 g/mol. The number of hydrogen-bond donors (Lipinski definition) is 0. The number of ether oxygens (including phenoxy) is 1. The zero-order chi connectivity index (χ0) is 17.8. The molecule has 2 aliphatic rings. The molecule has 2 aromatic rings. The molecule has 0 unspecified atom stereocenters. The first-order valence-corrected chi connectivity index (χ1v) is 9.27. The molecule has 1 aliphatic carbocycles. The van der Waals surface area contributed by atoms with E-state index in [1.54, 1.807) is 24.8 Å². The molecule has 0 spiro atoms. The first-order chi connectivity index (χ1) is 12.8. The Labute approximate surface area is 153 Å². The highest BCUT2D eigenvalue weighted by atomic mass is 16.5. The predicted octanol–water partition coefficient (Wildman–Crippen LogP) is 2.59. The largest absolute Gasteiger partial charge is 0.460 e. The summed E-state index contributed by atoms with van der Waals surface area (Å²) in [6, 6.07) is 3.12. The summed E-state index contributed by atoms with van der Waals surface area (Å²) in [6.07, 6.45) is 14.4. The van der Waals surface area contributed by atoms with Gasteiger partial charge in [-0.1, -0.05) is 12.8 Å². The van der Waals surface area contributed by atoms with E-state index in [0.717, 1.165) is 43.1 Å². The zero-order valence-corrected chi connectivity index (χ0v) is 14.7. The van der Waals surface area contributed by atoms with Gasteiger partial charge in [-0.3, -0.25) is 0 Å². The highest BCUT2D eigenvalue weighted by molar-refractivity contribution is 5.59. The van der Waals surface area contributed by atoms with Gasteiger partial charge in [0, 0.05) is 55.0 Å². The van der Waals surface area contributed by atoms with Gasteiger partial charge >= 0.3 is 6.01 Å². The summed E-state index contributed by atoms with van der Waals surface area (Å²) in [7, 11) is 0. The maximum atomic E-state index is 8.75. The van der Waals surface area contributed by atoms with Crippen LogP contribution in [0.25, 0.3) is 11.1 Å². The first kappa shape index (κ1) is 16.9. The Morgan fingerprint density at radius 3 is 2.04 bits per heavy atom. The van der Waals surface area contributed by atoms with Gasteiger partial charge in [0.15, 0.2) is 0 Å². The number of likely N-dealkylation sites (tertiary alicyclic amines) is 1. The Bertz CT molecular complexity index is 756. The number of piperidine rings is 1. The van der Waals surface area contributed by atoms with Crippen molar-refractivity contribution in [1.29, 1.82) is 5.26 Å². The van der Waals surface area contributed by atoms with Crippen LogP contribution in [-0.4, -0.2) is 50.1 Å². The van der Waals surface area contributed by atoms with Gasteiger partial charge < -0.3 is 9.64 Å². The van der Waals surface area contributed by atoms with E-state index in [9.17, 15) is 0 Å². The summed E-state index contributed by atoms with van der Waals surface area (Å²) in [5, 5.41) is 8.75. The molecule has 7 heteroatoms. The number of nitrogens with zero attached hydrogens (tertiary/aromatic N) is 6. The monoisotopic (exact) mass is 350 g/mol. The fraction of sp³-hybridized carbons (Fsp3) is 0.526. The van der Waals surface area contributed by atoms with E-state index in [0.29, 0.717) is 6.01 Å². The van der Waals surface area contributed by atoms with Crippen molar-refractivity contribution in [2.24, 2.45) is 0 Å². The van der Waals surface area contributed by atoms with Crippen molar-refractivity contribution in [2.75, 3.05) is 13.1 Å². The molecule has 0 amide bonds. The summed E-state index contributed by atoms with van der Waals surface area (Å²) >= 11 is 0. The number of rotatable bonds is 4. The summed E-state index contributed by atoms with van der Waals surface area (Å²) in [5.41, 5.74) is 1.58. The quantitative estimate of drug-likeness (QED) is 0.837. The van der Waals surface area contributed by atoms with E-state index < -0.39 is 0 Å². The van der Waals surface area contributed by atoms with Crippen molar-refractivity contribution < 1.29 is 4.74 Å². The van der Waals surface area contributed by atoms with Crippen LogP contribution in [0.2, 0.25) is 0 Å². The third-order valence-electron chi connectivity index (χ3n) is 5.30. The van der Waals surface area contributed by atoms with E-state index in [-0.39, 0.29) is 11.9 Å². The van der Waals surface area contributed by atoms with Crippen LogP contribution in [-0.2, 0) is 0 Å². The zero-order valence-electron chi connectivity index (χ0n) is 14.7. The summed E-state index contributed by atoms with van der Waals surface area (Å²) in [5.74, 6) is 0.151. The van der Waals surface area contributed by atoms with E-state index in [2.05, 4.69) is 24.8 Å². The predicted molar refractivity (Wildman–Crippen MR) is 95.3 cm³/mol. The summed E-state index contributed by atoms with van der Waals surface area (Å²) < 4.78 is 5.97. The minimum atomic E-state index is 0.151. The molecule has 2 aromatic heterocycles. The van der Waals surface area contributed by atoms with Crippen LogP contribution in [0.5, 0.6) is 6.01 Å². The molecule has 1 aliphatic heterocycles. The van der Waals surface area contributed by atoms with Gasteiger partial charge in [-0.05, 0) is 25.7 Å². The van der Waals surface area contributed by atoms with E-state index in [4.69, 9.17) is 10.00 Å². The Hall–Kier alpha value is -2.59. The molecule has 134 valence electrons. The SMILES string of the molecule is N#Cc1ncc(-c2cnc(OC3CCN(C4CCCC4)CC3)nc2)cn1. The van der Waals surface area contributed by atoms with Crippen LogP contribution in [0.1, 0.15) is 44.3 Å². The Balaban J connectivity index is 1.32. The maximum absolute atomic E-state index is 8.75. The van der Waals surface area contributed by atoms with Crippen molar-refractivity contribution in [3.63, 3.8) is 0 Å².